The van der Waals surface area contributed by atoms with Gasteiger partial charge in [-0.05, 0) is 30.3 Å². The van der Waals surface area contributed by atoms with Crippen LogP contribution in [0.1, 0.15) is 11.3 Å². The summed E-state index contributed by atoms with van der Waals surface area (Å²) in [4.78, 5) is 33.1. The molecule has 6 rings (SSSR count). The first-order chi connectivity index (χ1) is 15.6. The van der Waals surface area contributed by atoms with Crippen LogP contribution in [0.4, 0.5) is 5.69 Å². The van der Waals surface area contributed by atoms with Gasteiger partial charge < -0.3 is 4.57 Å². The number of hydrogen-bond donors (Lipinski definition) is 1. The van der Waals surface area contributed by atoms with Crippen molar-refractivity contribution in [1.82, 2.24) is 19.7 Å². The maximum atomic E-state index is 13.8. The summed E-state index contributed by atoms with van der Waals surface area (Å²) < 4.78 is 1.96. The molecule has 2 aromatic carbocycles. The molecule has 0 radical (unpaired) electrons. The zero-order valence-corrected chi connectivity index (χ0v) is 17.1. The zero-order chi connectivity index (χ0) is 21.8. The number of aromatic nitrogens is 4. The van der Waals surface area contributed by atoms with Crippen molar-refractivity contribution in [3.8, 4) is 0 Å². The van der Waals surface area contributed by atoms with E-state index in [0.717, 1.165) is 10.9 Å². The lowest BCUT2D eigenvalue weighted by Crippen LogP contribution is -2.31. The molecule has 1 N–H and O–H groups in total. The number of carbonyl (C=O) groups excluding carboxylic acids is 2. The van der Waals surface area contributed by atoms with Crippen LogP contribution < -0.4 is 4.90 Å². The highest BCUT2D eigenvalue weighted by Gasteiger charge is 2.42. The van der Waals surface area contributed by atoms with Gasteiger partial charge in [-0.3, -0.25) is 14.7 Å². The van der Waals surface area contributed by atoms with Gasteiger partial charge in [0, 0.05) is 41.3 Å². The summed E-state index contributed by atoms with van der Waals surface area (Å²) in [5.41, 5.74) is 3.84. The third kappa shape index (κ3) is 2.48. The fourth-order valence-electron chi connectivity index (χ4n) is 4.40. The quantitative estimate of drug-likeness (QED) is 0.449. The molecule has 7 heteroatoms. The number of nitrogens with one attached hydrogen (secondary N) is 1. The third-order valence-corrected chi connectivity index (χ3v) is 5.84. The first-order valence-corrected chi connectivity index (χ1v) is 10.2. The van der Waals surface area contributed by atoms with Crippen LogP contribution in [0.5, 0.6) is 0 Å². The number of hydrogen-bond acceptors (Lipinski definition) is 4. The maximum Gasteiger partial charge on any atom is 0.268 e. The van der Waals surface area contributed by atoms with E-state index in [9.17, 15) is 9.59 Å². The standard InChI is InChI=1S/C25H17N5O2/c1-29-14-18(16-10-5-6-12-19(16)29)20-21(22-17-11-7-13-26-23(17)28-27-22)25(32)30(24(20)31)15-8-3-2-4-9-15/h2-14H,1H3,(H,26,27,28). The SMILES string of the molecule is Cn1cc(C2=C(c3[nH]nc4ncccc34)C(=O)N(c3ccccc3)C2=O)c2ccccc21. The zero-order valence-electron chi connectivity index (χ0n) is 17.1. The number of anilines is 1. The van der Waals surface area contributed by atoms with Gasteiger partial charge in [-0.25, -0.2) is 9.88 Å². The minimum atomic E-state index is -0.390. The molecule has 32 heavy (non-hydrogen) atoms. The Morgan fingerprint density at radius 3 is 2.38 bits per heavy atom. The number of para-hydroxylation sites is 2. The minimum absolute atomic E-state index is 0.297. The fourth-order valence-corrected chi connectivity index (χ4v) is 4.40. The number of carbonyl (C=O) groups is 2. The molecule has 5 aromatic rings. The van der Waals surface area contributed by atoms with Crippen molar-refractivity contribution in [3.05, 3.63) is 90.4 Å². The molecule has 1 aliphatic rings. The predicted octanol–water partition coefficient (Wildman–Crippen LogP) is 3.93. The number of imide groups is 1. The van der Waals surface area contributed by atoms with E-state index in [0.29, 0.717) is 39.1 Å². The number of nitrogens with zero attached hydrogens (tertiary/aromatic N) is 4. The van der Waals surface area contributed by atoms with Crippen molar-refractivity contribution in [2.75, 3.05) is 4.90 Å². The molecule has 0 saturated carbocycles. The number of rotatable bonds is 3. The summed E-state index contributed by atoms with van der Waals surface area (Å²) in [7, 11) is 1.93. The largest absolute Gasteiger partial charge is 0.350 e. The Labute approximate surface area is 182 Å². The molecule has 4 heterocycles. The first-order valence-electron chi connectivity index (χ1n) is 10.2. The molecule has 0 unspecified atom stereocenters. The molecule has 7 nitrogen and oxygen atoms in total. The maximum absolute atomic E-state index is 13.8. The number of fused-ring (bicyclic) bond motifs is 2. The van der Waals surface area contributed by atoms with Crippen molar-refractivity contribution in [2.45, 2.75) is 0 Å². The van der Waals surface area contributed by atoms with Crippen LogP contribution in [0.15, 0.2) is 79.1 Å². The number of pyridine rings is 1. The van der Waals surface area contributed by atoms with Crippen LogP contribution in [0, 0.1) is 0 Å². The van der Waals surface area contributed by atoms with Crippen molar-refractivity contribution in [2.24, 2.45) is 7.05 Å². The molecule has 0 fully saturated rings. The van der Waals surface area contributed by atoms with Gasteiger partial charge in [0.15, 0.2) is 5.65 Å². The minimum Gasteiger partial charge on any atom is -0.350 e. The normalized spacial score (nSPS) is 14.3. The van der Waals surface area contributed by atoms with Gasteiger partial charge in [0.2, 0.25) is 0 Å². The number of H-pyrrole nitrogens is 1. The summed E-state index contributed by atoms with van der Waals surface area (Å²) in [6.07, 6.45) is 3.54. The molecule has 3 aromatic heterocycles. The van der Waals surface area contributed by atoms with Crippen LogP contribution in [-0.2, 0) is 16.6 Å². The molecule has 154 valence electrons. The van der Waals surface area contributed by atoms with E-state index >= 15 is 0 Å². The van der Waals surface area contributed by atoms with Gasteiger partial charge in [-0.1, -0.05) is 36.4 Å². The van der Waals surface area contributed by atoms with Gasteiger partial charge in [-0.2, -0.15) is 5.10 Å². The van der Waals surface area contributed by atoms with Crippen molar-refractivity contribution in [3.63, 3.8) is 0 Å². The van der Waals surface area contributed by atoms with Crippen LogP contribution in [0.2, 0.25) is 0 Å². The van der Waals surface area contributed by atoms with Gasteiger partial charge in [0.25, 0.3) is 11.8 Å². The van der Waals surface area contributed by atoms with E-state index in [1.54, 1.807) is 36.5 Å². The Bertz CT molecular complexity index is 1580. The highest BCUT2D eigenvalue weighted by Crippen LogP contribution is 2.41. The molecule has 2 amide bonds. The van der Waals surface area contributed by atoms with Crippen LogP contribution in [0.25, 0.3) is 33.1 Å². The summed E-state index contributed by atoms with van der Waals surface area (Å²) in [6, 6.07) is 20.4. The lowest BCUT2D eigenvalue weighted by Gasteiger charge is -2.14. The number of aryl methyl sites for hydroxylation is 1. The van der Waals surface area contributed by atoms with Crippen molar-refractivity contribution in [1.29, 1.82) is 0 Å². The van der Waals surface area contributed by atoms with E-state index in [1.165, 1.54) is 4.90 Å². The van der Waals surface area contributed by atoms with Crippen LogP contribution >= 0.6 is 0 Å². The molecule has 0 aliphatic carbocycles. The molecule has 0 saturated heterocycles. The summed E-state index contributed by atoms with van der Waals surface area (Å²) >= 11 is 0. The number of amides is 2. The van der Waals surface area contributed by atoms with Gasteiger partial charge >= 0.3 is 0 Å². The number of benzene rings is 2. The van der Waals surface area contributed by atoms with Crippen LogP contribution in [0.3, 0.4) is 0 Å². The van der Waals surface area contributed by atoms with Gasteiger partial charge in [0.05, 0.1) is 22.5 Å². The molecule has 0 bridgehead atoms. The van der Waals surface area contributed by atoms with E-state index < -0.39 is 5.91 Å². The van der Waals surface area contributed by atoms with E-state index in [2.05, 4.69) is 15.2 Å². The summed E-state index contributed by atoms with van der Waals surface area (Å²) in [5, 5.41) is 8.81. The number of aromatic amines is 1. The monoisotopic (exact) mass is 419 g/mol. The third-order valence-electron chi connectivity index (χ3n) is 5.84. The van der Waals surface area contributed by atoms with Crippen LogP contribution in [-0.4, -0.2) is 31.6 Å². The lowest BCUT2D eigenvalue weighted by atomic mass is 9.98. The fraction of sp³-hybridized carbons (Fsp3) is 0.0400. The summed E-state index contributed by atoms with van der Waals surface area (Å²) in [6.45, 7) is 0. The first kappa shape index (κ1) is 18.3. The average molecular weight is 419 g/mol. The van der Waals surface area contributed by atoms with E-state index in [1.807, 2.05) is 54.2 Å². The second-order valence-corrected chi connectivity index (χ2v) is 7.68. The Balaban J connectivity index is 1.68. The van der Waals surface area contributed by atoms with Gasteiger partial charge in [0.1, 0.15) is 0 Å². The lowest BCUT2D eigenvalue weighted by molar-refractivity contribution is -0.119. The predicted molar refractivity (Wildman–Crippen MR) is 123 cm³/mol. The van der Waals surface area contributed by atoms with Crippen molar-refractivity contribution < 1.29 is 9.59 Å². The van der Waals surface area contributed by atoms with Crippen molar-refractivity contribution >= 4 is 50.6 Å². The molecule has 1 aliphatic heterocycles. The second kappa shape index (κ2) is 6.75. The molecular weight excluding hydrogens is 402 g/mol. The Kier molecular flexibility index (Phi) is 3.85. The van der Waals surface area contributed by atoms with E-state index in [4.69, 9.17) is 0 Å². The second-order valence-electron chi connectivity index (χ2n) is 7.68. The van der Waals surface area contributed by atoms with Gasteiger partial charge in [-0.15, -0.1) is 0 Å². The Morgan fingerprint density at radius 1 is 0.812 bits per heavy atom. The van der Waals surface area contributed by atoms with E-state index in [-0.39, 0.29) is 5.91 Å². The highest BCUT2D eigenvalue weighted by atomic mass is 16.2. The molecule has 0 atom stereocenters. The molecular formula is C25H17N5O2. The topological polar surface area (TPSA) is 83.9 Å². The Hall–Kier alpha value is -4.52. The highest BCUT2D eigenvalue weighted by molar-refractivity contribution is 6.58. The Morgan fingerprint density at radius 2 is 1.53 bits per heavy atom. The smallest absolute Gasteiger partial charge is 0.268 e. The summed E-state index contributed by atoms with van der Waals surface area (Å²) in [5.74, 6) is -0.752. The average Bonchev–Trinajstić information content (AvgIpc) is 3.46. The molecule has 0 spiro atoms.